The zero-order chi connectivity index (χ0) is 17.9. The van der Waals surface area contributed by atoms with Gasteiger partial charge in [-0.3, -0.25) is 0 Å². The van der Waals surface area contributed by atoms with Crippen LogP contribution in [-0.4, -0.2) is 40.4 Å². The fraction of sp³-hybridized carbons (Fsp3) is 0.263. The van der Waals surface area contributed by atoms with Gasteiger partial charge < -0.3 is 19.9 Å². The van der Waals surface area contributed by atoms with Crippen molar-refractivity contribution in [1.82, 2.24) is 20.3 Å². The molecule has 134 valence electrons. The molecule has 0 bridgehead atoms. The number of fused-ring (bicyclic) bond motifs is 1. The summed E-state index contributed by atoms with van der Waals surface area (Å²) in [7, 11) is 1.87. The van der Waals surface area contributed by atoms with Gasteiger partial charge in [-0.2, -0.15) is 0 Å². The zero-order valence-electron chi connectivity index (χ0n) is 14.5. The summed E-state index contributed by atoms with van der Waals surface area (Å²) in [5.41, 5.74) is 4.44. The van der Waals surface area contributed by atoms with Gasteiger partial charge in [0.1, 0.15) is 13.2 Å². The number of nitrogens with one attached hydrogen (secondary N) is 1. The normalized spacial score (nSPS) is 13.0. The molecule has 1 aromatic heterocycles. The zero-order valence-corrected chi connectivity index (χ0v) is 14.5. The van der Waals surface area contributed by atoms with Crippen LogP contribution in [0.4, 0.5) is 0 Å². The molecule has 1 aliphatic heterocycles. The van der Waals surface area contributed by atoms with Crippen LogP contribution in [0.15, 0.2) is 42.6 Å². The Hall–Kier alpha value is -2.90. The standard InChI is InChI=1S/C19H20N4O3/c1-20-10-15-11-23(22-21-15)16-4-2-3-13(7-16)17-9-19-18(8-14(17)12-24)25-5-6-26-19/h2-4,7-9,11,20,24H,5-6,10,12H2,1H3. The van der Waals surface area contributed by atoms with Gasteiger partial charge in [-0.05, 0) is 48.0 Å². The smallest absolute Gasteiger partial charge is 0.162 e. The van der Waals surface area contributed by atoms with Crippen molar-refractivity contribution in [3.63, 3.8) is 0 Å². The predicted octanol–water partition coefficient (Wildman–Crippen LogP) is 1.92. The Labute approximate surface area is 151 Å². The van der Waals surface area contributed by atoms with E-state index in [1.54, 1.807) is 4.68 Å². The molecule has 7 nitrogen and oxygen atoms in total. The highest BCUT2D eigenvalue weighted by atomic mass is 16.6. The third-order valence-corrected chi connectivity index (χ3v) is 4.26. The first kappa shape index (κ1) is 16.6. The van der Waals surface area contributed by atoms with Gasteiger partial charge in [0.05, 0.1) is 24.2 Å². The van der Waals surface area contributed by atoms with Gasteiger partial charge in [-0.1, -0.05) is 17.3 Å². The fourth-order valence-corrected chi connectivity index (χ4v) is 3.03. The highest BCUT2D eigenvalue weighted by Gasteiger charge is 2.17. The first-order chi connectivity index (χ1) is 12.8. The summed E-state index contributed by atoms with van der Waals surface area (Å²) in [6.45, 7) is 1.63. The van der Waals surface area contributed by atoms with E-state index in [0.717, 1.165) is 28.1 Å². The number of hydrogen-bond donors (Lipinski definition) is 2. The molecule has 3 aromatic rings. The fourth-order valence-electron chi connectivity index (χ4n) is 3.03. The largest absolute Gasteiger partial charge is 0.486 e. The molecular weight excluding hydrogens is 332 g/mol. The van der Waals surface area contributed by atoms with Crippen molar-refractivity contribution < 1.29 is 14.6 Å². The lowest BCUT2D eigenvalue weighted by atomic mass is 9.98. The average Bonchev–Trinajstić information content (AvgIpc) is 3.16. The topological polar surface area (TPSA) is 81.4 Å². The second-order valence-electron chi connectivity index (χ2n) is 6.05. The van der Waals surface area contributed by atoms with Gasteiger partial charge in [0, 0.05) is 6.54 Å². The molecule has 0 fully saturated rings. The van der Waals surface area contributed by atoms with E-state index in [0.29, 0.717) is 31.3 Å². The summed E-state index contributed by atoms with van der Waals surface area (Å²) in [5.74, 6) is 1.37. The Morgan fingerprint density at radius 1 is 1.15 bits per heavy atom. The maximum atomic E-state index is 9.80. The van der Waals surface area contributed by atoms with Crippen molar-refractivity contribution in [2.45, 2.75) is 13.2 Å². The number of hydrogen-bond acceptors (Lipinski definition) is 6. The van der Waals surface area contributed by atoms with Crippen molar-refractivity contribution in [3.05, 3.63) is 53.9 Å². The Kier molecular flexibility index (Phi) is 4.55. The van der Waals surface area contributed by atoms with Crippen LogP contribution in [0.3, 0.4) is 0 Å². The highest BCUT2D eigenvalue weighted by molar-refractivity contribution is 5.73. The van der Waals surface area contributed by atoms with Crippen LogP contribution in [0.2, 0.25) is 0 Å². The van der Waals surface area contributed by atoms with Gasteiger partial charge in [0.25, 0.3) is 0 Å². The van der Waals surface area contributed by atoms with Gasteiger partial charge in [-0.25, -0.2) is 4.68 Å². The molecule has 0 atom stereocenters. The number of rotatable bonds is 5. The second kappa shape index (κ2) is 7.15. The van der Waals surface area contributed by atoms with E-state index in [4.69, 9.17) is 9.47 Å². The average molecular weight is 352 g/mol. The van der Waals surface area contributed by atoms with Crippen LogP contribution in [0, 0.1) is 0 Å². The minimum Gasteiger partial charge on any atom is -0.486 e. The lowest BCUT2D eigenvalue weighted by Crippen LogP contribution is -2.15. The van der Waals surface area contributed by atoms with Crippen molar-refractivity contribution in [1.29, 1.82) is 0 Å². The van der Waals surface area contributed by atoms with Gasteiger partial charge in [0.2, 0.25) is 0 Å². The number of nitrogens with zero attached hydrogens (tertiary/aromatic N) is 3. The summed E-state index contributed by atoms with van der Waals surface area (Å²) in [5, 5.41) is 21.2. The van der Waals surface area contributed by atoms with E-state index in [-0.39, 0.29) is 6.61 Å². The van der Waals surface area contributed by atoms with Crippen LogP contribution in [-0.2, 0) is 13.2 Å². The van der Waals surface area contributed by atoms with Crippen LogP contribution in [0.25, 0.3) is 16.8 Å². The number of aliphatic hydroxyl groups excluding tert-OH is 1. The number of ether oxygens (including phenoxy) is 2. The van der Waals surface area contributed by atoms with Crippen LogP contribution >= 0.6 is 0 Å². The van der Waals surface area contributed by atoms with E-state index in [9.17, 15) is 5.11 Å². The SMILES string of the molecule is CNCc1cn(-c2cccc(-c3cc4c(cc3CO)OCCO4)c2)nn1. The maximum absolute atomic E-state index is 9.80. The molecule has 2 N–H and O–H groups in total. The Morgan fingerprint density at radius 3 is 2.73 bits per heavy atom. The lowest BCUT2D eigenvalue weighted by molar-refractivity contribution is 0.171. The third-order valence-electron chi connectivity index (χ3n) is 4.26. The van der Waals surface area contributed by atoms with Crippen molar-refractivity contribution in [2.75, 3.05) is 20.3 Å². The molecule has 0 saturated carbocycles. The summed E-state index contributed by atoms with van der Waals surface area (Å²) in [6.07, 6.45) is 1.90. The second-order valence-corrected chi connectivity index (χ2v) is 6.05. The molecule has 1 aliphatic rings. The third kappa shape index (κ3) is 3.14. The highest BCUT2D eigenvalue weighted by Crippen LogP contribution is 2.38. The molecular formula is C19H20N4O3. The summed E-state index contributed by atoms with van der Waals surface area (Å²) >= 11 is 0. The molecule has 2 heterocycles. The van der Waals surface area contributed by atoms with Crippen molar-refractivity contribution in [3.8, 4) is 28.3 Å². The predicted molar refractivity (Wildman–Crippen MR) is 96.5 cm³/mol. The van der Waals surface area contributed by atoms with E-state index < -0.39 is 0 Å². The minimum absolute atomic E-state index is 0.0775. The van der Waals surface area contributed by atoms with Gasteiger partial charge in [0.15, 0.2) is 11.5 Å². The summed E-state index contributed by atoms with van der Waals surface area (Å²) in [4.78, 5) is 0. The minimum atomic E-state index is -0.0775. The Morgan fingerprint density at radius 2 is 1.96 bits per heavy atom. The number of benzene rings is 2. The maximum Gasteiger partial charge on any atom is 0.162 e. The molecule has 2 aromatic carbocycles. The number of aromatic nitrogens is 3. The first-order valence-electron chi connectivity index (χ1n) is 8.48. The Bertz CT molecular complexity index is 923. The monoisotopic (exact) mass is 352 g/mol. The molecule has 0 radical (unpaired) electrons. The van der Waals surface area contributed by atoms with E-state index in [1.165, 1.54) is 0 Å². The number of aliphatic hydroxyl groups is 1. The Balaban J connectivity index is 1.74. The molecule has 0 saturated heterocycles. The van der Waals surface area contributed by atoms with E-state index in [2.05, 4.69) is 15.6 Å². The van der Waals surface area contributed by atoms with Gasteiger partial charge >= 0.3 is 0 Å². The van der Waals surface area contributed by atoms with Crippen LogP contribution in [0.5, 0.6) is 11.5 Å². The van der Waals surface area contributed by atoms with Crippen LogP contribution < -0.4 is 14.8 Å². The van der Waals surface area contributed by atoms with Crippen molar-refractivity contribution in [2.24, 2.45) is 0 Å². The molecule has 0 unspecified atom stereocenters. The molecule has 7 heteroatoms. The first-order valence-corrected chi connectivity index (χ1v) is 8.48. The molecule has 26 heavy (non-hydrogen) atoms. The molecule has 0 aliphatic carbocycles. The van der Waals surface area contributed by atoms with E-state index in [1.807, 2.05) is 49.6 Å². The molecule has 0 amide bonds. The van der Waals surface area contributed by atoms with Gasteiger partial charge in [-0.15, -0.1) is 5.10 Å². The van der Waals surface area contributed by atoms with Crippen molar-refractivity contribution >= 4 is 0 Å². The summed E-state index contributed by atoms with van der Waals surface area (Å²) in [6, 6.07) is 11.7. The molecule has 4 rings (SSSR count). The quantitative estimate of drug-likeness (QED) is 0.730. The molecule has 0 spiro atoms. The lowest BCUT2D eigenvalue weighted by Gasteiger charge is -2.21. The van der Waals surface area contributed by atoms with E-state index >= 15 is 0 Å². The summed E-state index contributed by atoms with van der Waals surface area (Å²) < 4.78 is 13.0. The van der Waals surface area contributed by atoms with Crippen LogP contribution in [0.1, 0.15) is 11.3 Å².